The lowest BCUT2D eigenvalue weighted by atomic mass is 9.94. The van der Waals surface area contributed by atoms with E-state index < -0.39 is 6.04 Å². The lowest BCUT2D eigenvalue weighted by molar-refractivity contribution is -0.113. The molecule has 0 fully saturated rings. The fourth-order valence-corrected chi connectivity index (χ4v) is 4.89. The average Bonchev–Trinajstić information content (AvgIpc) is 3.30. The summed E-state index contributed by atoms with van der Waals surface area (Å²) in [6.45, 7) is 1.85. The second-order valence-corrected chi connectivity index (χ2v) is 9.20. The zero-order valence-electron chi connectivity index (χ0n) is 19.8. The number of ether oxygens (including phenoxy) is 1. The fourth-order valence-electron chi connectivity index (χ4n) is 4.10. The Bertz CT molecular complexity index is 1420. The summed E-state index contributed by atoms with van der Waals surface area (Å²) in [5, 5.41) is 21.8. The van der Waals surface area contributed by atoms with Crippen LogP contribution in [0.3, 0.4) is 0 Å². The maximum atomic E-state index is 13.6. The number of nitrogens with zero attached hydrogens (tertiary/aromatic N) is 3. The van der Waals surface area contributed by atoms with E-state index in [1.807, 2.05) is 55.5 Å². The third kappa shape index (κ3) is 4.78. The summed E-state index contributed by atoms with van der Waals surface area (Å²) < 4.78 is 7.06. The van der Waals surface area contributed by atoms with Crippen LogP contribution in [0.1, 0.15) is 24.1 Å². The summed E-state index contributed by atoms with van der Waals surface area (Å²) in [6, 6.07) is 23.9. The Morgan fingerprint density at radius 2 is 1.83 bits per heavy atom. The molecule has 1 amide bonds. The number of aromatic hydroxyl groups is 1. The lowest BCUT2D eigenvalue weighted by Crippen LogP contribution is -2.31. The van der Waals surface area contributed by atoms with Crippen molar-refractivity contribution in [3.05, 3.63) is 101 Å². The molecule has 1 aliphatic heterocycles. The third-order valence-corrected chi connectivity index (χ3v) is 6.75. The largest absolute Gasteiger partial charge is 0.504 e. The predicted octanol–water partition coefficient (Wildman–Crippen LogP) is 5.21. The van der Waals surface area contributed by atoms with Crippen LogP contribution in [0.15, 0.2) is 95.3 Å². The number of methoxy groups -OCH3 is 1. The zero-order chi connectivity index (χ0) is 25.1. The van der Waals surface area contributed by atoms with E-state index in [0.717, 1.165) is 11.3 Å². The molecule has 0 saturated carbocycles. The van der Waals surface area contributed by atoms with Gasteiger partial charge in [-0.15, -0.1) is 5.10 Å². The smallest absolute Gasteiger partial charge is 0.255 e. The van der Waals surface area contributed by atoms with Crippen molar-refractivity contribution in [3.63, 3.8) is 0 Å². The molecule has 182 valence electrons. The van der Waals surface area contributed by atoms with Gasteiger partial charge in [-0.05, 0) is 42.3 Å². The summed E-state index contributed by atoms with van der Waals surface area (Å²) in [7, 11) is 1.49. The molecule has 9 heteroatoms. The van der Waals surface area contributed by atoms with Gasteiger partial charge >= 0.3 is 0 Å². The van der Waals surface area contributed by atoms with Crippen molar-refractivity contribution >= 4 is 29.3 Å². The molecule has 0 aliphatic carbocycles. The number of rotatable bonds is 7. The number of anilines is 2. The Hall–Kier alpha value is -4.24. The van der Waals surface area contributed by atoms with Crippen molar-refractivity contribution in [1.29, 1.82) is 0 Å². The van der Waals surface area contributed by atoms with Crippen LogP contribution < -0.4 is 15.4 Å². The van der Waals surface area contributed by atoms with E-state index in [4.69, 9.17) is 9.84 Å². The molecule has 0 radical (unpaired) electrons. The Labute approximate surface area is 213 Å². The number of phenolic OH excluding ortho intramolecular Hbond substituents is 1. The van der Waals surface area contributed by atoms with Crippen molar-refractivity contribution < 1.29 is 14.6 Å². The summed E-state index contributed by atoms with van der Waals surface area (Å²) in [6.07, 6.45) is 0. The van der Waals surface area contributed by atoms with Crippen LogP contribution in [-0.2, 0) is 10.5 Å². The fraction of sp³-hybridized carbons (Fsp3) is 0.148. The number of thioether (sulfide) groups is 1. The van der Waals surface area contributed by atoms with Gasteiger partial charge in [0.15, 0.2) is 11.5 Å². The highest BCUT2D eigenvalue weighted by Gasteiger charge is 2.35. The highest BCUT2D eigenvalue weighted by molar-refractivity contribution is 7.98. The number of phenols is 1. The highest BCUT2D eigenvalue weighted by atomic mass is 32.2. The van der Waals surface area contributed by atoms with Crippen LogP contribution in [0, 0.1) is 0 Å². The number of allylic oxidation sites excluding steroid dienone is 1. The van der Waals surface area contributed by atoms with E-state index in [0.29, 0.717) is 33.8 Å². The SMILES string of the molecule is COc1cc([C@H]2C(C(=O)Nc3ccccc3)=C(C)Nc3nc(SCc4ccccc4)nn32)ccc1O. The first-order chi connectivity index (χ1) is 17.5. The van der Waals surface area contributed by atoms with Crippen LogP contribution in [0.5, 0.6) is 11.5 Å². The molecule has 3 N–H and O–H groups in total. The van der Waals surface area contributed by atoms with E-state index >= 15 is 0 Å². The minimum absolute atomic E-state index is 0.0177. The monoisotopic (exact) mass is 499 g/mol. The Balaban J connectivity index is 1.53. The second-order valence-electron chi connectivity index (χ2n) is 8.25. The van der Waals surface area contributed by atoms with Crippen molar-refractivity contribution in [3.8, 4) is 11.5 Å². The minimum Gasteiger partial charge on any atom is -0.504 e. The molecule has 1 atom stereocenters. The summed E-state index contributed by atoms with van der Waals surface area (Å²) in [4.78, 5) is 18.2. The Morgan fingerprint density at radius 1 is 1.11 bits per heavy atom. The van der Waals surface area contributed by atoms with E-state index in [9.17, 15) is 9.90 Å². The van der Waals surface area contributed by atoms with E-state index in [2.05, 4.69) is 27.8 Å². The number of nitrogens with one attached hydrogen (secondary N) is 2. The zero-order valence-corrected chi connectivity index (χ0v) is 20.6. The maximum Gasteiger partial charge on any atom is 0.255 e. The first-order valence-electron chi connectivity index (χ1n) is 11.4. The van der Waals surface area contributed by atoms with Crippen molar-refractivity contribution in [2.45, 2.75) is 23.9 Å². The normalized spacial score (nSPS) is 14.7. The molecule has 36 heavy (non-hydrogen) atoms. The van der Waals surface area contributed by atoms with Gasteiger partial charge in [0.05, 0.1) is 12.7 Å². The van der Waals surface area contributed by atoms with Gasteiger partial charge in [-0.2, -0.15) is 4.98 Å². The molecule has 8 nitrogen and oxygen atoms in total. The Morgan fingerprint density at radius 3 is 2.56 bits per heavy atom. The number of amides is 1. The van der Waals surface area contributed by atoms with Crippen molar-refractivity contribution in [1.82, 2.24) is 14.8 Å². The number of fused-ring (bicyclic) bond motifs is 1. The molecule has 0 unspecified atom stereocenters. The van der Waals surface area contributed by atoms with Gasteiger partial charge in [0.2, 0.25) is 11.1 Å². The molecule has 0 bridgehead atoms. The highest BCUT2D eigenvalue weighted by Crippen LogP contribution is 2.39. The van der Waals surface area contributed by atoms with E-state index in [-0.39, 0.29) is 11.7 Å². The van der Waals surface area contributed by atoms with Gasteiger partial charge in [0.1, 0.15) is 6.04 Å². The lowest BCUT2D eigenvalue weighted by Gasteiger charge is -2.29. The standard InChI is InChI=1S/C27H25N5O3S/c1-17-23(25(34)29-20-11-7-4-8-12-20)24(19-13-14-21(33)22(15-19)35-2)32-26(28-17)30-27(31-32)36-16-18-9-5-3-6-10-18/h3-15,24,33H,16H2,1-2H3,(H,29,34)(H,28,30,31)/t24-/m0/s1. The van der Waals surface area contributed by atoms with Gasteiger partial charge in [-0.25, -0.2) is 4.68 Å². The van der Waals surface area contributed by atoms with E-state index in [1.54, 1.807) is 22.9 Å². The molecule has 1 aromatic heterocycles. The van der Waals surface area contributed by atoms with Gasteiger partial charge in [-0.3, -0.25) is 4.79 Å². The second kappa shape index (κ2) is 10.2. The molecule has 1 aliphatic rings. The number of hydrogen-bond acceptors (Lipinski definition) is 7. The van der Waals surface area contributed by atoms with Crippen LogP contribution in [0.25, 0.3) is 0 Å². The average molecular weight is 500 g/mol. The summed E-state index contributed by atoms with van der Waals surface area (Å²) in [5.74, 6) is 1.32. The van der Waals surface area contributed by atoms with Gasteiger partial charge < -0.3 is 20.5 Å². The first kappa shape index (κ1) is 23.5. The molecule has 4 aromatic rings. The summed E-state index contributed by atoms with van der Waals surface area (Å²) >= 11 is 1.52. The van der Waals surface area contributed by atoms with Crippen molar-refractivity contribution in [2.24, 2.45) is 0 Å². The van der Waals surface area contributed by atoms with Gasteiger partial charge in [0, 0.05) is 17.1 Å². The predicted molar refractivity (Wildman–Crippen MR) is 140 cm³/mol. The Kier molecular flexibility index (Phi) is 6.64. The minimum atomic E-state index is -0.585. The van der Waals surface area contributed by atoms with Crippen LogP contribution in [0.2, 0.25) is 0 Å². The molecule has 2 heterocycles. The van der Waals surface area contributed by atoms with Gasteiger partial charge in [0.25, 0.3) is 5.91 Å². The number of carbonyl (C=O) groups is 1. The number of aromatic nitrogens is 3. The molecule has 0 spiro atoms. The van der Waals surface area contributed by atoms with Crippen LogP contribution in [0.4, 0.5) is 11.6 Å². The molecule has 0 saturated heterocycles. The van der Waals surface area contributed by atoms with Crippen LogP contribution in [-0.4, -0.2) is 32.9 Å². The first-order valence-corrected chi connectivity index (χ1v) is 12.4. The third-order valence-electron chi connectivity index (χ3n) is 5.84. The van der Waals surface area contributed by atoms with E-state index in [1.165, 1.54) is 24.4 Å². The van der Waals surface area contributed by atoms with Crippen molar-refractivity contribution in [2.75, 3.05) is 17.7 Å². The van der Waals surface area contributed by atoms with Crippen LogP contribution >= 0.6 is 11.8 Å². The molecule has 3 aromatic carbocycles. The quantitative estimate of drug-likeness (QED) is 0.300. The molecular formula is C27H25N5O3S. The maximum absolute atomic E-state index is 13.6. The number of para-hydroxylation sites is 1. The number of carbonyl (C=O) groups excluding carboxylic acids is 1. The number of hydrogen-bond donors (Lipinski definition) is 3. The molecule has 5 rings (SSSR count). The summed E-state index contributed by atoms with van der Waals surface area (Å²) in [5.41, 5.74) is 3.74. The van der Waals surface area contributed by atoms with Gasteiger partial charge in [-0.1, -0.05) is 66.4 Å². The molecular weight excluding hydrogens is 474 g/mol. The number of benzene rings is 3. The topological polar surface area (TPSA) is 101 Å².